The topological polar surface area (TPSA) is 70.3 Å². The zero-order chi connectivity index (χ0) is 14.5. The molecule has 0 bridgehead atoms. The SMILES string of the molecule is CCCOc1ncnc(Oc2ccc(Cl)c(Cl)c2)c1N. The van der Waals surface area contributed by atoms with Gasteiger partial charge in [0, 0.05) is 6.07 Å². The Morgan fingerprint density at radius 1 is 1.15 bits per heavy atom. The highest BCUT2D eigenvalue weighted by atomic mass is 35.5. The van der Waals surface area contributed by atoms with Gasteiger partial charge in [0.25, 0.3) is 0 Å². The predicted molar refractivity (Wildman–Crippen MR) is 78.8 cm³/mol. The molecule has 5 nitrogen and oxygen atoms in total. The number of aromatic nitrogens is 2. The van der Waals surface area contributed by atoms with Gasteiger partial charge in [-0.2, -0.15) is 9.97 Å². The number of anilines is 1. The van der Waals surface area contributed by atoms with Crippen LogP contribution < -0.4 is 15.2 Å². The molecule has 7 heteroatoms. The first-order valence-corrected chi connectivity index (χ1v) is 6.73. The van der Waals surface area contributed by atoms with E-state index in [4.69, 9.17) is 38.4 Å². The van der Waals surface area contributed by atoms with Crippen molar-refractivity contribution in [1.82, 2.24) is 9.97 Å². The monoisotopic (exact) mass is 313 g/mol. The Hall–Kier alpha value is -1.72. The van der Waals surface area contributed by atoms with Crippen molar-refractivity contribution in [2.24, 2.45) is 0 Å². The van der Waals surface area contributed by atoms with E-state index in [2.05, 4.69) is 9.97 Å². The number of halogens is 2. The summed E-state index contributed by atoms with van der Waals surface area (Å²) in [6.07, 6.45) is 2.18. The lowest BCUT2D eigenvalue weighted by molar-refractivity contribution is 0.304. The van der Waals surface area contributed by atoms with Crippen LogP contribution in [0.3, 0.4) is 0 Å². The Morgan fingerprint density at radius 3 is 2.60 bits per heavy atom. The largest absolute Gasteiger partial charge is 0.476 e. The number of nitrogens with zero attached hydrogens (tertiary/aromatic N) is 2. The number of hydrogen-bond donors (Lipinski definition) is 1. The van der Waals surface area contributed by atoms with Crippen molar-refractivity contribution in [3.05, 3.63) is 34.6 Å². The van der Waals surface area contributed by atoms with Gasteiger partial charge < -0.3 is 15.2 Å². The number of nitrogen functional groups attached to an aromatic ring is 1. The lowest BCUT2D eigenvalue weighted by Gasteiger charge is -2.11. The molecule has 2 rings (SSSR count). The third kappa shape index (κ3) is 3.43. The van der Waals surface area contributed by atoms with Crippen molar-refractivity contribution >= 4 is 28.9 Å². The maximum absolute atomic E-state index is 5.92. The van der Waals surface area contributed by atoms with E-state index >= 15 is 0 Å². The Kier molecular flexibility index (Phi) is 4.87. The second-order valence-corrected chi connectivity index (χ2v) is 4.74. The highest BCUT2D eigenvalue weighted by Gasteiger charge is 2.12. The van der Waals surface area contributed by atoms with Crippen molar-refractivity contribution in [3.8, 4) is 17.5 Å². The maximum Gasteiger partial charge on any atom is 0.249 e. The molecule has 1 heterocycles. The first kappa shape index (κ1) is 14.7. The van der Waals surface area contributed by atoms with Gasteiger partial charge in [-0.25, -0.2) is 0 Å². The number of benzene rings is 1. The summed E-state index contributed by atoms with van der Waals surface area (Å²) in [5, 5.41) is 0.834. The molecule has 0 unspecified atom stereocenters. The van der Waals surface area contributed by atoms with E-state index in [-0.39, 0.29) is 11.6 Å². The first-order chi connectivity index (χ1) is 9.61. The average Bonchev–Trinajstić information content (AvgIpc) is 2.44. The van der Waals surface area contributed by atoms with E-state index < -0.39 is 0 Å². The molecule has 1 aromatic heterocycles. The van der Waals surface area contributed by atoms with Crippen molar-refractivity contribution in [1.29, 1.82) is 0 Å². The van der Waals surface area contributed by atoms with Gasteiger partial charge in [-0.1, -0.05) is 30.1 Å². The van der Waals surface area contributed by atoms with Gasteiger partial charge in [0.1, 0.15) is 12.1 Å². The molecule has 1 aromatic carbocycles. The standard InChI is InChI=1S/C13H13Cl2N3O2/c1-2-5-19-12-11(16)13(18-7-17-12)20-8-3-4-9(14)10(15)6-8/h3-4,6-7H,2,5,16H2,1H3. The lowest BCUT2D eigenvalue weighted by atomic mass is 10.3. The Bertz CT molecular complexity index is 608. The third-order valence-electron chi connectivity index (χ3n) is 2.36. The molecule has 106 valence electrons. The molecule has 0 aliphatic carbocycles. The van der Waals surface area contributed by atoms with E-state index in [1.54, 1.807) is 18.2 Å². The van der Waals surface area contributed by atoms with Crippen LogP contribution >= 0.6 is 23.2 Å². The highest BCUT2D eigenvalue weighted by Crippen LogP contribution is 2.33. The van der Waals surface area contributed by atoms with Gasteiger partial charge >= 0.3 is 0 Å². The summed E-state index contributed by atoms with van der Waals surface area (Å²) in [5.41, 5.74) is 6.15. The lowest BCUT2D eigenvalue weighted by Crippen LogP contribution is -2.04. The van der Waals surface area contributed by atoms with Gasteiger partial charge in [0.2, 0.25) is 11.8 Å². The minimum atomic E-state index is 0.212. The van der Waals surface area contributed by atoms with E-state index in [9.17, 15) is 0 Å². The molecular formula is C13H13Cl2N3O2. The van der Waals surface area contributed by atoms with Gasteiger partial charge in [0.05, 0.1) is 16.7 Å². The fourth-order valence-corrected chi connectivity index (χ4v) is 1.70. The maximum atomic E-state index is 5.92. The molecule has 0 saturated heterocycles. The van der Waals surface area contributed by atoms with E-state index in [1.807, 2.05) is 6.92 Å². The zero-order valence-electron chi connectivity index (χ0n) is 10.8. The minimum absolute atomic E-state index is 0.212. The highest BCUT2D eigenvalue weighted by molar-refractivity contribution is 6.42. The van der Waals surface area contributed by atoms with Crippen molar-refractivity contribution in [2.45, 2.75) is 13.3 Å². The molecule has 2 aromatic rings. The number of ether oxygens (including phenoxy) is 2. The molecule has 0 radical (unpaired) electrons. The normalized spacial score (nSPS) is 10.3. The Morgan fingerprint density at radius 2 is 1.90 bits per heavy atom. The fourth-order valence-electron chi connectivity index (χ4n) is 1.41. The summed E-state index contributed by atoms with van der Waals surface area (Å²) in [7, 11) is 0. The summed E-state index contributed by atoms with van der Waals surface area (Å²) in [5.74, 6) is 0.993. The summed E-state index contributed by atoms with van der Waals surface area (Å²) in [6, 6.07) is 4.88. The van der Waals surface area contributed by atoms with Crippen LogP contribution in [0.15, 0.2) is 24.5 Å². The zero-order valence-corrected chi connectivity index (χ0v) is 12.3. The van der Waals surface area contributed by atoms with E-state index in [1.165, 1.54) is 6.33 Å². The molecule has 0 saturated carbocycles. The molecule has 0 fully saturated rings. The predicted octanol–water partition coefficient (Wildman–Crippen LogP) is 3.95. The van der Waals surface area contributed by atoms with Gasteiger partial charge in [0.15, 0.2) is 5.69 Å². The van der Waals surface area contributed by atoms with Crippen LogP contribution in [0.4, 0.5) is 5.69 Å². The Balaban J connectivity index is 2.22. The molecule has 0 aliphatic rings. The number of hydrogen-bond acceptors (Lipinski definition) is 5. The smallest absolute Gasteiger partial charge is 0.249 e. The molecule has 20 heavy (non-hydrogen) atoms. The summed E-state index contributed by atoms with van der Waals surface area (Å²) in [6.45, 7) is 2.51. The summed E-state index contributed by atoms with van der Waals surface area (Å²) >= 11 is 11.8. The van der Waals surface area contributed by atoms with Crippen LogP contribution in [-0.2, 0) is 0 Å². The number of nitrogens with two attached hydrogens (primary N) is 1. The second-order valence-electron chi connectivity index (χ2n) is 3.92. The van der Waals surface area contributed by atoms with Crippen LogP contribution in [0.25, 0.3) is 0 Å². The molecule has 2 N–H and O–H groups in total. The molecule has 0 amide bonds. The summed E-state index contributed by atoms with van der Waals surface area (Å²) < 4.78 is 11.0. The number of rotatable bonds is 5. The summed E-state index contributed by atoms with van der Waals surface area (Å²) in [4.78, 5) is 7.94. The van der Waals surface area contributed by atoms with Crippen molar-refractivity contribution < 1.29 is 9.47 Å². The minimum Gasteiger partial charge on any atom is -0.476 e. The third-order valence-corrected chi connectivity index (χ3v) is 3.10. The fraction of sp³-hybridized carbons (Fsp3) is 0.231. The van der Waals surface area contributed by atoms with Crippen LogP contribution in [-0.4, -0.2) is 16.6 Å². The Labute approximate surface area is 126 Å². The molecule has 0 atom stereocenters. The van der Waals surface area contributed by atoms with Crippen LogP contribution in [0, 0.1) is 0 Å². The second kappa shape index (κ2) is 6.63. The van der Waals surface area contributed by atoms with Crippen LogP contribution in [0.5, 0.6) is 17.5 Å². The van der Waals surface area contributed by atoms with Gasteiger partial charge in [-0.15, -0.1) is 0 Å². The van der Waals surface area contributed by atoms with Gasteiger partial charge in [-0.05, 0) is 18.6 Å². The first-order valence-electron chi connectivity index (χ1n) is 5.98. The molecule has 0 spiro atoms. The van der Waals surface area contributed by atoms with Crippen LogP contribution in [0.2, 0.25) is 10.0 Å². The van der Waals surface area contributed by atoms with Crippen LogP contribution in [0.1, 0.15) is 13.3 Å². The molecular weight excluding hydrogens is 301 g/mol. The van der Waals surface area contributed by atoms with E-state index in [0.717, 1.165) is 6.42 Å². The van der Waals surface area contributed by atoms with Crippen molar-refractivity contribution in [3.63, 3.8) is 0 Å². The molecule has 0 aliphatic heterocycles. The van der Waals surface area contributed by atoms with E-state index in [0.29, 0.717) is 28.3 Å². The quantitative estimate of drug-likeness (QED) is 0.905. The van der Waals surface area contributed by atoms with Gasteiger partial charge in [-0.3, -0.25) is 0 Å². The average molecular weight is 314 g/mol. The van der Waals surface area contributed by atoms with Crippen molar-refractivity contribution in [2.75, 3.05) is 12.3 Å².